The van der Waals surface area contributed by atoms with Crippen LogP contribution < -0.4 is 10.1 Å². The lowest BCUT2D eigenvalue weighted by Gasteiger charge is -2.26. The predicted molar refractivity (Wildman–Crippen MR) is 77.8 cm³/mol. The van der Waals surface area contributed by atoms with Gasteiger partial charge in [0.25, 0.3) is 5.91 Å². The first-order valence-electron chi connectivity index (χ1n) is 6.84. The zero-order chi connectivity index (χ0) is 13.9. The Morgan fingerprint density at radius 3 is 2.90 bits per heavy atom. The number of hydrogen-bond acceptors (Lipinski definition) is 2. The summed E-state index contributed by atoms with van der Waals surface area (Å²) in [5, 5.41) is 2.94. The highest BCUT2D eigenvalue weighted by Gasteiger charge is 2.21. The van der Waals surface area contributed by atoms with Gasteiger partial charge < -0.3 is 10.1 Å². The van der Waals surface area contributed by atoms with Crippen molar-refractivity contribution in [1.82, 2.24) is 5.32 Å². The Morgan fingerprint density at radius 2 is 2.05 bits per heavy atom. The number of hydrogen-bond donors (Lipinski definition) is 1. The molecule has 0 bridgehead atoms. The molecule has 1 atom stereocenters. The number of ether oxygens (including phenoxy) is 1. The maximum Gasteiger partial charge on any atom is 0.254 e. The molecular formula is C17H17NO2. The minimum atomic E-state index is -0.252. The molecular weight excluding hydrogens is 250 g/mol. The van der Waals surface area contributed by atoms with Crippen LogP contribution in [-0.2, 0) is 6.42 Å². The Labute approximate surface area is 118 Å². The van der Waals surface area contributed by atoms with E-state index in [0.717, 1.165) is 24.2 Å². The molecule has 102 valence electrons. The van der Waals surface area contributed by atoms with Gasteiger partial charge in [-0.05, 0) is 37.1 Å². The lowest BCUT2D eigenvalue weighted by molar-refractivity contribution is 0.0791. The highest BCUT2D eigenvalue weighted by atomic mass is 16.5. The standard InChI is InChI=1S/C17H17NO2/c1-12-5-4-7-14(11-12)17(19)18-16-10-9-13-6-2-3-8-15(13)20-16/h2-8,11,16H,9-10H2,1H3,(H,18,19). The van der Waals surface area contributed by atoms with E-state index in [0.29, 0.717) is 5.56 Å². The van der Waals surface area contributed by atoms with Crippen LogP contribution in [0.15, 0.2) is 48.5 Å². The minimum absolute atomic E-state index is 0.0851. The van der Waals surface area contributed by atoms with E-state index >= 15 is 0 Å². The molecule has 2 aromatic rings. The number of rotatable bonds is 2. The highest BCUT2D eigenvalue weighted by Crippen LogP contribution is 2.26. The Balaban J connectivity index is 1.69. The lowest BCUT2D eigenvalue weighted by atomic mass is 10.0. The first-order valence-corrected chi connectivity index (χ1v) is 6.84. The molecule has 1 unspecified atom stereocenters. The van der Waals surface area contributed by atoms with Crippen LogP contribution in [0.1, 0.15) is 27.9 Å². The average Bonchev–Trinajstić information content (AvgIpc) is 2.47. The summed E-state index contributed by atoms with van der Waals surface area (Å²) in [5.74, 6) is 0.784. The van der Waals surface area contributed by atoms with Gasteiger partial charge in [0.15, 0.2) is 6.23 Å². The molecule has 0 saturated carbocycles. The third kappa shape index (κ3) is 2.67. The molecule has 0 saturated heterocycles. The maximum atomic E-state index is 12.2. The van der Waals surface area contributed by atoms with Crippen LogP contribution in [0.2, 0.25) is 0 Å². The molecule has 0 spiro atoms. The van der Waals surface area contributed by atoms with Crippen LogP contribution in [0.3, 0.4) is 0 Å². The van der Waals surface area contributed by atoms with Crippen molar-refractivity contribution < 1.29 is 9.53 Å². The van der Waals surface area contributed by atoms with E-state index in [-0.39, 0.29) is 12.1 Å². The normalized spacial score (nSPS) is 16.9. The number of nitrogens with one attached hydrogen (secondary N) is 1. The van der Waals surface area contributed by atoms with Gasteiger partial charge in [-0.25, -0.2) is 0 Å². The van der Waals surface area contributed by atoms with Crippen LogP contribution in [0.5, 0.6) is 5.75 Å². The van der Waals surface area contributed by atoms with Gasteiger partial charge in [-0.2, -0.15) is 0 Å². The van der Waals surface area contributed by atoms with Gasteiger partial charge in [0.2, 0.25) is 0 Å². The zero-order valence-corrected chi connectivity index (χ0v) is 11.4. The van der Waals surface area contributed by atoms with Gasteiger partial charge in [-0.1, -0.05) is 35.9 Å². The first-order chi connectivity index (χ1) is 9.72. The second kappa shape index (κ2) is 5.37. The van der Waals surface area contributed by atoms with E-state index < -0.39 is 0 Å². The van der Waals surface area contributed by atoms with Gasteiger partial charge in [0.1, 0.15) is 5.75 Å². The van der Waals surface area contributed by atoms with Crippen LogP contribution in [0.4, 0.5) is 0 Å². The third-order valence-corrected chi connectivity index (χ3v) is 3.49. The number of amides is 1. The van der Waals surface area contributed by atoms with Crippen molar-refractivity contribution in [3.8, 4) is 5.75 Å². The Kier molecular flexibility index (Phi) is 3.42. The van der Waals surface area contributed by atoms with Crippen molar-refractivity contribution in [2.45, 2.75) is 26.0 Å². The van der Waals surface area contributed by atoms with Gasteiger partial charge in [-0.3, -0.25) is 4.79 Å². The predicted octanol–water partition coefficient (Wildman–Crippen LogP) is 3.08. The van der Waals surface area contributed by atoms with E-state index in [4.69, 9.17) is 4.74 Å². The molecule has 1 amide bonds. The smallest absolute Gasteiger partial charge is 0.254 e. The van der Waals surface area contributed by atoms with Gasteiger partial charge in [0.05, 0.1) is 0 Å². The quantitative estimate of drug-likeness (QED) is 0.908. The number of benzene rings is 2. The largest absolute Gasteiger partial charge is 0.470 e. The van der Waals surface area contributed by atoms with Crippen LogP contribution in [0, 0.1) is 6.92 Å². The van der Waals surface area contributed by atoms with Crippen molar-refractivity contribution >= 4 is 5.91 Å². The second-order valence-corrected chi connectivity index (χ2v) is 5.10. The average molecular weight is 267 g/mol. The summed E-state index contributed by atoms with van der Waals surface area (Å²) in [6.07, 6.45) is 1.47. The Hall–Kier alpha value is -2.29. The Morgan fingerprint density at radius 1 is 1.20 bits per heavy atom. The van der Waals surface area contributed by atoms with Crippen molar-refractivity contribution in [3.63, 3.8) is 0 Å². The van der Waals surface area contributed by atoms with Crippen molar-refractivity contribution in [2.75, 3.05) is 0 Å². The monoisotopic (exact) mass is 267 g/mol. The fourth-order valence-corrected chi connectivity index (χ4v) is 2.44. The third-order valence-electron chi connectivity index (χ3n) is 3.49. The number of fused-ring (bicyclic) bond motifs is 1. The molecule has 20 heavy (non-hydrogen) atoms. The Bertz CT molecular complexity index is 636. The van der Waals surface area contributed by atoms with Crippen molar-refractivity contribution in [3.05, 3.63) is 65.2 Å². The molecule has 1 aliphatic rings. The summed E-state index contributed by atoms with van der Waals surface area (Å²) in [6, 6.07) is 15.5. The maximum absolute atomic E-state index is 12.2. The van der Waals surface area contributed by atoms with Crippen LogP contribution >= 0.6 is 0 Å². The molecule has 3 rings (SSSR count). The van der Waals surface area contributed by atoms with E-state index in [1.165, 1.54) is 5.56 Å². The summed E-state index contributed by atoms with van der Waals surface area (Å²) in [6.45, 7) is 1.98. The lowest BCUT2D eigenvalue weighted by Crippen LogP contribution is -2.41. The summed E-state index contributed by atoms with van der Waals surface area (Å²) in [7, 11) is 0. The van der Waals surface area contributed by atoms with Crippen molar-refractivity contribution in [2.24, 2.45) is 0 Å². The summed E-state index contributed by atoms with van der Waals surface area (Å²) < 4.78 is 5.82. The highest BCUT2D eigenvalue weighted by molar-refractivity contribution is 5.94. The molecule has 3 nitrogen and oxygen atoms in total. The second-order valence-electron chi connectivity index (χ2n) is 5.10. The fraction of sp³-hybridized carbons (Fsp3) is 0.235. The van der Waals surface area contributed by atoms with E-state index in [1.807, 2.05) is 49.4 Å². The van der Waals surface area contributed by atoms with Gasteiger partial charge in [0, 0.05) is 12.0 Å². The SMILES string of the molecule is Cc1cccc(C(=O)NC2CCc3ccccc3O2)c1. The van der Waals surface area contributed by atoms with E-state index in [2.05, 4.69) is 11.4 Å². The van der Waals surface area contributed by atoms with Crippen molar-refractivity contribution in [1.29, 1.82) is 0 Å². The number of aryl methyl sites for hydroxylation is 2. The molecule has 1 N–H and O–H groups in total. The molecule has 0 fully saturated rings. The summed E-state index contributed by atoms with van der Waals surface area (Å²) in [4.78, 5) is 12.2. The molecule has 1 aliphatic heterocycles. The molecule has 3 heteroatoms. The summed E-state index contributed by atoms with van der Waals surface area (Å²) >= 11 is 0. The van der Waals surface area contributed by atoms with Gasteiger partial charge >= 0.3 is 0 Å². The first kappa shape index (κ1) is 12.7. The van der Waals surface area contributed by atoms with E-state index in [1.54, 1.807) is 0 Å². The van der Waals surface area contributed by atoms with Crippen LogP contribution in [0.25, 0.3) is 0 Å². The van der Waals surface area contributed by atoms with E-state index in [9.17, 15) is 4.79 Å². The number of para-hydroxylation sites is 1. The molecule has 2 aromatic carbocycles. The molecule has 0 radical (unpaired) electrons. The number of carbonyl (C=O) groups excluding carboxylic acids is 1. The fourth-order valence-electron chi connectivity index (χ4n) is 2.44. The topological polar surface area (TPSA) is 38.3 Å². The summed E-state index contributed by atoms with van der Waals surface area (Å²) in [5.41, 5.74) is 2.95. The minimum Gasteiger partial charge on any atom is -0.470 e. The molecule has 1 heterocycles. The van der Waals surface area contributed by atoms with Crippen LogP contribution in [-0.4, -0.2) is 12.1 Å². The molecule has 0 aliphatic carbocycles. The molecule has 0 aromatic heterocycles. The zero-order valence-electron chi connectivity index (χ0n) is 11.4. The number of carbonyl (C=O) groups is 1. The van der Waals surface area contributed by atoms with Gasteiger partial charge in [-0.15, -0.1) is 0 Å².